The molecule has 0 heterocycles. The molecule has 5 heteroatoms. The summed E-state index contributed by atoms with van der Waals surface area (Å²) in [6, 6.07) is 21.0. The molecule has 0 spiro atoms. The Balaban J connectivity index is 1.73. The molecule has 1 amide bonds. The van der Waals surface area contributed by atoms with Crippen molar-refractivity contribution < 1.29 is 14.6 Å². The molecule has 0 fully saturated rings. The van der Waals surface area contributed by atoms with E-state index in [1.165, 1.54) is 0 Å². The molecular weight excluding hydrogens is 400 g/mol. The molecule has 3 aromatic carbocycles. The van der Waals surface area contributed by atoms with Crippen LogP contribution in [0.25, 0.3) is 11.1 Å². The third-order valence-corrected chi connectivity index (χ3v) is 5.46. The number of amides is 1. The van der Waals surface area contributed by atoms with Crippen LogP contribution in [-0.2, 0) is 6.42 Å². The van der Waals surface area contributed by atoms with Crippen molar-refractivity contribution in [2.45, 2.75) is 25.9 Å². The molecular formula is C27H32N2O3. The van der Waals surface area contributed by atoms with Gasteiger partial charge in [0.15, 0.2) is 0 Å². The van der Waals surface area contributed by atoms with Gasteiger partial charge in [0.25, 0.3) is 5.91 Å². The first kappa shape index (κ1) is 23.5. The molecule has 32 heavy (non-hydrogen) atoms. The van der Waals surface area contributed by atoms with Crippen LogP contribution in [0, 0.1) is 0 Å². The number of hydrogen-bond donors (Lipinski definition) is 2. The molecule has 1 atom stereocenters. The molecule has 0 radical (unpaired) electrons. The maximum atomic E-state index is 12.9. The first-order valence-electron chi connectivity index (χ1n) is 10.9. The van der Waals surface area contributed by atoms with E-state index < -0.39 is 6.10 Å². The molecule has 3 aromatic rings. The summed E-state index contributed by atoms with van der Waals surface area (Å²) in [7, 11) is 5.76. The molecule has 3 rings (SSSR count). The number of anilines is 1. The average molecular weight is 433 g/mol. The Kier molecular flexibility index (Phi) is 8.03. The Morgan fingerprint density at radius 3 is 2.44 bits per heavy atom. The minimum Gasteiger partial charge on any atom is -0.496 e. The maximum Gasteiger partial charge on any atom is 0.255 e. The van der Waals surface area contributed by atoms with E-state index in [2.05, 4.69) is 24.3 Å². The summed E-state index contributed by atoms with van der Waals surface area (Å²) in [6.45, 7) is 2.74. The SMILES string of the molecule is COc1ccc(C(=O)Nc2ccc(-c3ccccc3C(C)O)cc2)cc1CCCN(C)C. The Bertz CT molecular complexity index is 1040. The van der Waals surface area contributed by atoms with E-state index in [0.717, 1.165) is 53.1 Å². The lowest BCUT2D eigenvalue weighted by molar-refractivity contribution is 0.102. The molecule has 0 saturated carbocycles. The largest absolute Gasteiger partial charge is 0.496 e. The van der Waals surface area contributed by atoms with Gasteiger partial charge >= 0.3 is 0 Å². The van der Waals surface area contributed by atoms with E-state index in [1.54, 1.807) is 20.1 Å². The van der Waals surface area contributed by atoms with Crippen molar-refractivity contribution in [1.29, 1.82) is 0 Å². The van der Waals surface area contributed by atoms with Gasteiger partial charge in [0.05, 0.1) is 13.2 Å². The Morgan fingerprint density at radius 1 is 1.06 bits per heavy atom. The number of ether oxygens (including phenoxy) is 1. The summed E-state index contributed by atoms with van der Waals surface area (Å²) in [6.07, 6.45) is 1.29. The lowest BCUT2D eigenvalue weighted by Gasteiger charge is -2.14. The molecule has 0 aliphatic rings. The van der Waals surface area contributed by atoms with Gasteiger partial charge < -0.3 is 20.1 Å². The fourth-order valence-corrected chi connectivity index (χ4v) is 3.76. The van der Waals surface area contributed by atoms with Crippen LogP contribution in [0.2, 0.25) is 0 Å². The fraction of sp³-hybridized carbons (Fsp3) is 0.296. The second-order valence-electron chi connectivity index (χ2n) is 8.23. The molecule has 168 valence electrons. The van der Waals surface area contributed by atoms with Gasteiger partial charge in [0.2, 0.25) is 0 Å². The highest BCUT2D eigenvalue weighted by Crippen LogP contribution is 2.29. The quantitative estimate of drug-likeness (QED) is 0.490. The molecule has 2 N–H and O–H groups in total. The van der Waals surface area contributed by atoms with E-state index in [-0.39, 0.29) is 5.91 Å². The van der Waals surface area contributed by atoms with Gasteiger partial charge in [-0.2, -0.15) is 0 Å². The highest BCUT2D eigenvalue weighted by Gasteiger charge is 2.12. The minimum absolute atomic E-state index is 0.154. The van der Waals surface area contributed by atoms with Gasteiger partial charge in [-0.1, -0.05) is 36.4 Å². The summed E-state index contributed by atoms with van der Waals surface area (Å²) in [5, 5.41) is 13.0. The van der Waals surface area contributed by atoms with Crippen molar-refractivity contribution in [2.75, 3.05) is 33.1 Å². The smallest absolute Gasteiger partial charge is 0.255 e. The summed E-state index contributed by atoms with van der Waals surface area (Å²) < 4.78 is 5.47. The first-order chi connectivity index (χ1) is 15.4. The number of nitrogens with zero attached hydrogens (tertiary/aromatic N) is 1. The van der Waals surface area contributed by atoms with Gasteiger partial charge in [-0.25, -0.2) is 0 Å². The third-order valence-electron chi connectivity index (χ3n) is 5.46. The number of carbonyl (C=O) groups excluding carboxylic acids is 1. The van der Waals surface area contributed by atoms with Gasteiger partial charge in [-0.05, 0) is 93.0 Å². The zero-order valence-corrected chi connectivity index (χ0v) is 19.3. The number of rotatable bonds is 9. The minimum atomic E-state index is -0.549. The maximum absolute atomic E-state index is 12.9. The molecule has 1 unspecified atom stereocenters. The normalized spacial score (nSPS) is 11.9. The Morgan fingerprint density at radius 2 is 1.78 bits per heavy atom. The standard InChI is InChI=1S/C27H32N2O3/c1-19(30)24-9-5-6-10-25(24)20-11-14-23(15-12-20)28-27(31)22-13-16-26(32-4)21(18-22)8-7-17-29(2)3/h5-6,9-16,18-19,30H,7-8,17H2,1-4H3,(H,28,31). The number of hydrogen-bond acceptors (Lipinski definition) is 4. The van der Waals surface area contributed by atoms with E-state index in [1.807, 2.05) is 60.7 Å². The van der Waals surface area contributed by atoms with Crippen LogP contribution in [0.15, 0.2) is 66.7 Å². The van der Waals surface area contributed by atoms with E-state index in [4.69, 9.17) is 4.74 Å². The second kappa shape index (κ2) is 10.9. The monoisotopic (exact) mass is 432 g/mol. The molecule has 0 bridgehead atoms. The average Bonchev–Trinajstić information content (AvgIpc) is 2.79. The number of aryl methyl sites for hydroxylation is 1. The van der Waals surface area contributed by atoms with Crippen LogP contribution in [-0.4, -0.2) is 43.7 Å². The number of nitrogens with one attached hydrogen (secondary N) is 1. The third kappa shape index (κ3) is 5.96. The van der Waals surface area contributed by atoms with E-state index in [0.29, 0.717) is 5.56 Å². The summed E-state index contributed by atoms with van der Waals surface area (Å²) in [5.74, 6) is 0.653. The highest BCUT2D eigenvalue weighted by atomic mass is 16.5. The zero-order valence-electron chi connectivity index (χ0n) is 19.3. The van der Waals surface area contributed by atoms with Gasteiger partial charge in [-0.3, -0.25) is 4.79 Å². The molecule has 0 aliphatic heterocycles. The summed E-state index contributed by atoms with van der Waals surface area (Å²) in [4.78, 5) is 15.0. The molecule has 0 saturated heterocycles. The second-order valence-corrected chi connectivity index (χ2v) is 8.23. The molecule has 0 aromatic heterocycles. The molecule has 5 nitrogen and oxygen atoms in total. The van der Waals surface area contributed by atoms with Crippen LogP contribution in [0.5, 0.6) is 5.75 Å². The van der Waals surface area contributed by atoms with Gasteiger partial charge in [0.1, 0.15) is 5.75 Å². The predicted octanol–water partition coefficient (Wildman–Crippen LogP) is 5.16. The van der Waals surface area contributed by atoms with Crippen molar-refractivity contribution in [3.05, 3.63) is 83.4 Å². The van der Waals surface area contributed by atoms with Crippen molar-refractivity contribution in [2.24, 2.45) is 0 Å². The summed E-state index contributed by atoms with van der Waals surface area (Å²) in [5.41, 5.74) is 5.22. The number of aliphatic hydroxyl groups excluding tert-OH is 1. The number of carbonyl (C=O) groups is 1. The lowest BCUT2D eigenvalue weighted by Crippen LogP contribution is -2.14. The van der Waals surface area contributed by atoms with Crippen LogP contribution in [0.3, 0.4) is 0 Å². The van der Waals surface area contributed by atoms with E-state index in [9.17, 15) is 9.90 Å². The number of aliphatic hydroxyl groups is 1. The molecule has 0 aliphatic carbocycles. The van der Waals surface area contributed by atoms with Crippen molar-refractivity contribution in [1.82, 2.24) is 4.90 Å². The van der Waals surface area contributed by atoms with Gasteiger partial charge in [0, 0.05) is 11.3 Å². The van der Waals surface area contributed by atoms with Gasteiger partial charge in [-0.15, -0.1) is 0 Å². The topological polar surface area (TPSA) is 61.8 Å². The fourth-order valence-electron chi connectivity index (χ4n) is 3.76. The predicted molar refractivity (Wildman–Crippen MR) is 130 cm³/mol. The summed E-state index contributed by atoms with van der Waals surface area (Å²) >= 11 is 0. The number of benzene rings is 3. The van der Waals surface area contributed by atoms with Crippen molar-refractivity contribution in [3.8, 4) is 16.9 Å². The Labute approximate surface area is 190 Å². The number of methoxy groups -OCH3 is 1. The van der Waals surface area contributed by atoms with Crippen LogP contribution < -0.4 is 10.1 Å². The lowest BCUT2D eigenvalue weighted by atomic mass is 9.96. The Hall–Kier alpha value is -3.15. The van der Waals surface area contributed by atoms with Crippen molar-refractivity contribution in [3.63, 3.8) is 0 Å². The zero-order chi connectivity index (χ0) is 23.1. The van der Waals surface area contributed by atoms with Crippen LogP contribution in [0.1, 0.15) is 40.9 Å². The van der Waals surface area contributed by atoms with Crippen molar-refractivity contribution >= 4 is 11.6 Å². The van der Waals surface area contributed by atoms with E-state index >= 15 is 0 Å². The highest BCUT2D eigenvalue weighted by molar-refractivity contribution is 6.04. The van der Waals surface area contributed by atoms with Crippen LogP contribution >= 0.6 is 0 Å². The first-order valence-corrected chi connectivity index (χ1v) is 10.9. The van der Waals surface area contributed by atoms with Crippen LogP contribution in [0.4, 0.5) is 5.69 Å².